The number of nitrogens with zero attached hydrogens (tertiary/aromatic N) is 2. The highest BCUT2D eigenvalue weighted by molar-refractivity contribution is 5.98. The SMILES string of the molecule is COc1cccc(CN2CCC3(CC2)CN(C(=O)C2CCCC2)c2ccc(OC)cc23)c1. The first kappa shape index (κ1) is 21.3. The van der Waals surface area contributed by atoms with Crippen LogP contribution in [-0.4, -0.2) is 44.7 Å². The Bertz CT molecular complexity index is 975. The highest BCUT2D eigenvalue weighted by Gasteiger charge is 2.47. The number of fused-ring (bicyclic) bond motifs is 2. The molecule has 2 heterocycles. The van der Waals surface area contributed by atoms with Gasteiger partial charge in [-0.2, -0.15) is 0 Å². The molecule has 32 heavy (non-hydrogen) atoms. The van der Waals surface area contributed by atoms with E-state index in [0.29, 0.717) is 5.91 Å². The summed E-state index contributed by atoms with van der Waals surface area (Å²) >= 11 is 0. The Kier molecular flexibility index (Phi) is 5.85. The van der Waals surface area contributed by atoms with E-state index in [-0.39, 0.29) is 11.3 Å². The first-order chi connectivity index (χ1) is 15.6. The van der Waals surface area contributed by atoms with E-state index < -0.39 is 0 Å². The molecule has 0 bridgehead atoms. The van der Waals surface area contributed by atoms with Crippen molar-refractivity contribution in [1.29, 1.82) is 0 Å². The summed E-state index contributed by atoms with van der Waals surface area (Å²) in [6.45, 7) is 3.80. The third-order valence-corrected chi connectivity index (χ3v) is 7.85. The molecule has 1 amide bonds. The second kappa shape index (κ2) is 8.78. The van der Waals surface area contributed by atoms with Crippen molar-refractivity contribution in [2.24, 2.45) is 5.92 Å². The number of likely N-dealkylation sites (tertiary alicyclic amines) is 1. The molecule has 5 nitrogen and oxygen atoms in total. The van der Waals surface area contributed by atoms with E-state index in [0.717, 1.165) is 69.0 Å². The zero-order chi connectivity index (χ0) is 22.1. The highest BCUT2D eigenvalue weighted by atomic mass is 16.5. The average Bonchev–Trinajstić information content (AvgIpc) is 3.48. The van der Waals surface area contributed by atoms with Crippen molar-refractivity contribution in [1.82, 2.24) is 4.90 Å². The van der Waals surface area contributed by atoms with Gasteiger partial charge in [0.25, 0.3) is 0 Å². The molecule has 2 aromatic carbocycles. The molecule has 2 aliphatic heterocycles. The molecule has 3 aliphatic rings. The molecule has 1 saturated carbocycles. The fourth-order valence-corrected chi connectivity index (χ4v) is 5.96. The molecule has 1 spiro atoms. The Labute approximate surface area is 191 Å². The van der Waals surface area contributed by atoms with Gasteiger partial charge < -0.3 is 14.4 Å². The normalized spacial score (nSPS) is 20.5. The first-order valence-corrected chi connectivity index (χ1v) is 12.0. The van der Waals surface area contributed by atoms with Crippen LogP contribution in [0.25, 0.3) is 0 Å². The molecule has 0 unspecified atom stereocenters. The third-order valence-electron chi connectivity index (χ3n) is 7.85. The predicted octanol–water partition coefficient (Wildman–Crippen LogP) is 4.77. The lowest BCUT2D eigenvalue weighted by atomic mass is 9.74. The van der Waals surface area contributed by atoms with Crippen LogP contribution in [0.4, 0.5) is 5.69 Å². The number of rotatable bonds is 5. The lowest BCUT2D eigenvalue weighted by Crippen LogP contribution is -2.46. The minimum Gasteiger partial charge on any atom is -0.497 e. The van der Waals surface area contributed by atoms with Gasteiger partial charge in [0.15, 0.2) is 0 Å². The van der Waals surface area contributed by atoms with Crippen molar-refractivity contribution < 1.29 is 14.3 Å². The van der Waals surface area contributed by atoms with E-state index in [4.69, 9.17) is 9.47 Å². The van der Waals surface area contributed by atoms with Gasteiger partial charge in [-0.25, -0.2) is 0 Å². The van der Waals surface area contributed by atoms with Crippen LogP contribution in [0.15, 0.2) is 42.5 Å². The van der Waals surface area contributed by atoms with Gasteiger partial charge in [0.05, 0.1) is 14.2 Å². The Morgan fingerprint density at radius 1 is 1.00 bits per heavy atom. The van der Waals surface area contributed by atoms with Crippen molar-refractivity contribution in [3.05, 3.63) is 53.6 Å². The largest absolute Gasteiger partial charge is 0.497 e. The molecule has 0 atom stereocenters. The van der Waals surface area contributed by atoms with Crippen molar-refractivity contribution >= 4 is 11.6 Å². The number of benzene rings is 2. The van der Waals surface area contributed by atoms with Crippen molar-refractivity contribution in [3.8, 4) is 11.5 Å². The van der Waals surface area contributed by atoms with E-state index in [2.05, 4.69) is 40.1 Å². The zero-order valence-corrected chi connectivity index (χ0v) is 19.3. The van der Waals surface area contributed by atoms with E-state index in [1.165, 1.54) is 24.0 Å². The van der Waals surface area contributed by atoms with E-state index in [1.807, 2.05) is 12.1 Å². The summed E-state index contributed by atoms with van der Waals surface area (Å²) in [5.74, 6) is 2.34. The second-order valence-corrected chi connectivity index (χ2v) is 9.70. The molecule has 2 aromatic rings. The summed E-state index contributed by atoms with van der Waals surface area (Å²) in [5, 5.41) is 0. The molecular weight excluding hydrogens is 400 g/mol. The molecular formula is C27H34N2O3. The number of methoxy groups -OCH3 is 2. The lowest BCUT2D eigenvalue weighted by Gasteiger charge is -2.40. The number of hydrogen-bond donors (Lipinski definition) is 0. The van der Waals surface area contributed by atoms with E-state index >= 15 is 0 Å². The molecule has 0 aromatic heterocycles. The number of carbonyl (C=O) groups is 1. The molecule has 2 fully saturated rings. The molecule has 0 radical (unpaired) electrons. The van der Waals surface area contributed by atoms with Crippen LogP contribution in [-0.2, 0) is 16.8 Å². The first-order valence-electron chi connectivity index (χ1n) is 12.0. The molecule has 5 rings (SSSR count). The van der Waals surface area contributed by atoms with Crippen molar-refractivity contribution in [2.75, 3.05) is 38.8 Å². The number of piperidine rings is 1. The molecule has 1 saturated heterocycles. The standard InChI is InChI=1S/C27H34N2O3/c1-31-22-9-5-6-20(16-22)18-28-14-12-27(13-15-28)19-29(26(30)21-7-3-4-8-21)25-11-10-23(32-2)17-24(25)27/h5-6,9-11,16-17,21H,3-4,7-8,12-15,18-19H2,1-2H3. The van der Waals surface area contributed by atoms with Gasteiger partial charge in [0, 0.05) is 30.1 Å². The average molecular weight is 435 g/mol. The summed E-state index contributed by atoms with van der Waals surface area (Å²) in [6.07, 6.45) is 6.58. The van der Waals surface area contributed by atoms with Gasteiger partial charge in [0.2, 0.25) is 5.91 Å². The monoisotopic (exact) mass is 434 g/mol. The molecule has 5 heteroatoms. The van der Waals surface area contributed by atoms with E-state index in [1.54, 1.807) is 14.2 Å². The third kappa shape index (κ3) is 3.88. The number of anilines is 1. The smallest absolute Gasteiger partial charge is 0.230 e. The van der Waals surface area contributed by atoms with Crippen molar-refractivity contribution in [3.63, 3.8) is 0 Å². The van der Waals surface area contributed by atoms with Crippen LogP contribution >= 0.6 is 0 Å². The summed E-state index contributed by atoms with van der Waals surface area (Å²) < 4.78 is 11.0. The molecule has 170 valence electrons. The Morgan fingerprint density at radius 3 is 2.44 bits per heavy atom. The van der Waals surface area contributed by atoms with Gasteiger partial charge >= 0.3 is 0 Å². The maximum atomic E-state index is 13.4. The fraction of sp³-hybridized carbons (Fsp3) is 0.519. The minimum absolute atomic E-state index is 0.0308. The molecule has 1 aliphatic carbocycles. The summed E-state index contributed by atoms with van der Waals surface area (Å²) in [7, 11) is 3.44. The lowest BCUT2D eigenvalue weighted by molar-refractivity contribution is -0.122. The van der Waals surface area contributed by atoms with Gasteiger partial charge in [-0.05, 0) is 80.2 Å². The number of hydrogen-bond acceptors (Lipinski definition) is 4. The van der Waals surface area contributed by atoms with E-state index in [9.17, 15) is 4.79 Å². The van der Waals surface area contributed by atoms with Crippen LogP contribution in [0.1, 0.15) is 49.7 Å². The fourth-order valence-electron chi connectivity index (χ4n) is 5.96. The minimum atomic E-state index is 0.0308. The number of amides is 1. The van der Waals surface area contributed by atoms with Crippen LogP contribution in [0.2, 0.25) is 0 Å². The predicted molar refractivity (Wildman–Crippen MR) is 126 cm³/mol. The van der Waals surface area contributed by atoms with Crippen LogP contribution in [0, 0.1) is 5.92 Å². The second-order valence-electron chi connectivity index (χ2n) is 9.70. The summed E-state index contributed by atoms with van der Waals surface area (Å²) in [4.78, 5) is 18.1. The van der Waals surface area contributed by atoms with Crippen LogP contribution in [0.3, 0.4) is 0 Å². The number of carbonyl (C=O) groups excluding carboxylic acids is 1. The summed E-state index contributed by atoms with van der Waals surface area (Å²) in [6, 6.07) is 14.7. The summed E-state index contributed by atoms with van der Waals surface area (Å²) in [5.41, 5.74) is 3.74. The van der Waals surface area contributed by atoms with Crippen molar-refractivity contribution in [2.45, 2.75) is 50.5 Å². The Morgan fingerprint density at radius 2 is 1.72 bits per heavy atom. The quantitative estimate of drug-likeness (QED) is 0.680. The number of ether oxygens (including phenoxy) is 2. The Balaban J connectivity index is 1.35. The highest BCUT2D eigenvalue weighted by Crippen LogP contribution is 2.49. The van der Waals surface area contributed by atoms with Gasteiger partial charge in [-0.3, -0.25) is 9.69 Å². The maximum Gasteiger partial charge on any atom is 0.230 e. The van der Waals surface area contributed by atoms with Crippen LogP contribution in [0.5, 0.6) is 11.5 Å². The zero-order valence-electron chi connectivity index (χ0n) is 19.3. The van der Waals surface area contributed by atoms with Crippen LogP contribution < -0.4 is 14.4 Å². The van der Waals surface area contributed by atoms with Gasteiger partial charge in [-0.15, -0.1) is 0 Å². The topological polar surface area (TPSA) is 42.0 Å². The molecule has 0 N–H and O–H groups in total. The maximum absolute atomic E-state index is 13.4. The van der Waals surface area contributed by atoms with Gasteiger partial charge in [-0.1, -0.05) is 25.0 Å². The van der Waals surface area contributed by atoms with Gasteiger partial charge in [0.1, 0.15) is 11.5 Å². The Hall–Kier alpha value is -2.53.